The first kappa shape index (κ1) is 11.1. The summed E-state index contributed by atoms with van der Waals surface area (Å²) in [4.78, 5) is 0. The van der Waals surface area contributed by atoms with Crippen molar-refractivity contribution in [1.29, 1.82) is 0 Å². The average Bonchev–Trinajstić information content (AvgIpc) is 2.70. The fraction of sp³-hybridized carbons (Fsp3) is 0.333. The summed E-state index contributed by atoms with van der Waals surface area (Å²) in [5.41, 5.74) is 2.19. The summed E-state index contributed by atoms with van der Waals surface area (Å²) >= 11 is 6.01. The topological polar surface area (TPSA) is 30.7 Å². The smallest absolute Gasteiger partial charge is 0.164 e. The number of benzene rings is 1. The van der Waals surface area contributed by atoms with Crippen molar-refractivity contribution in [2.75, 3.05) is 0 Å². The molecule has 0 radical (unpaired) electrons. The van der Waals surface area contributed by atoms with Crippen molar-refractivity contribution in [3.05, 3.63) is 35.1 Å². The normalized spacial score (nSPS) is 11.1. The molecule has 0 aliphatic heterocycles. The molecule has 1 aromatic carbocycles. The number of aryl methyl sites for hydroxylation is 1. The summed E-state index contributed by atoms with van der Waals surface area (Å²) in [5, 5.41) is 8.85. The summed E-state index contributed by atoms with van der Waals surface area (Å²) in [6.07, 6.45) is 1.75. The highest BCUT2D eigenvalue weighted by molar-refractivity contribution is 6.30. The maximum Gasteiger partial charge on any atom is 0.164 e. The van der Waals surface area contributed by atoms with Crippen LogP contribution in [-0.2, 0) is 0 Å². The second-order valence-electron chi connectivity index (χ2n) is 4.11. The monoisotopic (exact) mass is 235 g/mol. The zero-order valence-electron chi connectivity index (χ0n) is 9.61. The van der Waals surface area contributed by atoms with Crippen LogP contribution in [0.5, 0.6) is 0 Å². The van der Waals surface area contributed by atoms with Crippen LogP contribution in [0, 0.1) is 6.92 Å². The molecule has 0 amide bonds. The molecule has 1 aromatic heterocycles. The molecule has 0 aliphatic carbocycles. The van der Waals surface area contributed by atoms with Gasteiger partial charge in [0.2, 0.25) is 0 Å². The molecule has 0 bridgehead atoms. The van der Waals surface area contributed by atoms with Gasteiger partial charge in [-0.15, -0.1) is 10.2 Å². The highest BCUT2D eigenvalue weighted by atomic mass is 35.5. The van der Waals surface area contributed by atoms with Crippen LogP contribution >= 0.6 is 11.6 Å². The molecule has 0 saturated heterocycles. The van der Waals surface area contributed by atoms with Crippen LogP contribution in [-0.4, -0.2) is 14.8 Å². The second-order valence-corrected chi connectivity index (χ2v) is 4.55. The maximum atomic E-state index is 6.01. The quantitative estimate of drug-likeness (QED) is 0.798. The Kier molecular flexibility index (Phi) is 2.97. The summed E-state index contributed by atoms with van der Waals surface area (Å²) in [7, 11) is 0. The van der Waals surface area contributed by atoms with Crippen LogP contribution in [0.3, 0.4) is 0 Å². The van der Waals surface area contributed by atoms with Crippen LogP contribution in [0.4, 0.5) is 0 Å². The third kappa shape index (κ3) is 1.95. The minimum absolute atomic E-state index is 0.336. The third-order valence-electron chi connectivity index (χ3n) is 2.57. The van der Waals surface area contributed by atoms with Gasteiger partial charge in [0.15, 0.2) is 5.82 Å². The second kappa shape index (κ2) is 4.26. The van der Waals surface area contributed by atoms with Crippen molar-refractivity contribution in [3.8, 4) is 11.4 Å². The van der Waals surface area contributed by atoms with Crippen LogP contribution in [0.25, 0.3) is 11.4 Å². The molecular formula is C12H14ClN3. The average molecular weight is 236 g/mol. The number of rotatable bonds is 2. The molecule has 3 nitrogen and oxygen atoms in total. The first-order chi connectivity index (χ1) is 7.59. The largest absolute Gasteiger partial charge is 0.311 e. The Balaban J connectivity index is 2.58. The molecule has 0 saturated carbocycles. The van der Waals surface area contributed by atoms with Crippen molar-refractivity contribution in [3.63, 3.8) is 0 Å². The lowest BCUT2D eigenvalue weighted by molar-refractivity contribution is 0.604. The summed E-state index contributed by atoms with van der Waals surface area (Å²) in [6, 6.07) is 6.15. The first-order valence-electron chi connectivity index (χ1n) is 5.25. The summed E-state index contributed by atoms with van der Waals surface area (Å²) in [5.74, 6) is 0.870. The van der Waals surface area contributed by atoms with Crippen molar-refractivity contribution in [1.82, 2.24) is 14.8 Å². The molecule has 2 aromatic rings. The van der Waals surface area contributed by atoms with Gasteiger partial charge >= 0.3 is 0 Å². The van der Waals surface area contributed by atoms with E-state index in [1.807, 2.05) is 29.7 Å². The predicted molar refractivity (Wildman–Crippen MR) is 65.6 cm³/mol. The molecule has 1 heterocycles. The van der Waals surface area contributed by atoms with Crippen LogP contribution in [0.1, 0.15) is 25.5 Å². The molecule has 0 aliphatic rings. The lowest BCUT2D eigenvalue weighted by Crippen LogP contribution is -2.02. The summed E-state index contributed by atoms with van der Waals surface area (Å²) < 4.78 is 2.04. The predicted octanol–water partition coefficient (Wildman–Crippen LogP) is 3.49. The van der Waals surface area contributed by atoms with Crippen LogP contribution in [0.15, 0.2) is 24.5 Å². The molecule has 4 heteroatoms. The Bertz CT molecular complexity index is 503. The maximum absolute atomic E-state index is 6.01. The van der Waals surface area contributed by atoms with E-state index in [0.717, 1.165) is 22.0 Å². The van der Waals surface area contributed by atoms with Gasteiger partial charge in [-0.3, -0.25) is 0 Å². The van der Waals surface area contributed by atoms with Gasteiger partial charge in [-0.25, -0.2) is 0 Å². The Morgan fingerprint density at radius 3 is 2.75 bits per heavy atom. The zero-order valence-corrected chi connectivity index (χ0v) is 10.4. The minimum Gasteiger partial charge on any atom is -0.311 e. The van der Waals surface area contributed by atoms with Crippen molar-refractivity contribution in [2.45, 2.75) is 26.8 Å². The lowest BCUT2D eigenvalue weighted by Gasteiger charge is -2.11. The van der Waals surface area contributed by atoms with E-state index >= 15 is 0 Å². The minimum atomic E-state index is 0.336. The lowest BCUT2D eigenvalue weighted by atomic mass is 10.1. The van der Waals surface area contributed by atoms with Gasteiger partial charge in [0, 0.05) is 16.6 Å². The standard InChI is InChI=1S/C12H14ClN3/c1-8(2)16-7-14-15-12(16)11-6-10(13)5-4-9(11)3/h4-8H,1-3H3. The number of nitrogens with zero attached hydrogens (tertiary/aromatic N) is 3. The fourth-order valence-electron chi connectivity index (χ4n) is 1.65. The van der Waals surface area contributed by atoms with E-state index in [1.54, 1.807) is 6.33 Å². The zero-order chi connectivity index (χ0) is 11.7. The SMILES string of the molecule is Cc1ccc(Cl)cc1-c1nncn1C(C)C. The van der Waals surface area contributed by atoms with E-state index in [-0.39, 0.29) is 0 Å². The molecule has 0 N–H and O–H groups in total. The van der Waals surface area contributed by atoms with E-state index in [1.165, 1.54) is 0 Å². The Morgan fingerprint density at radius 2 is 2.06 bits per heavy atom. The molecule has 0 atom stereocenters. The third-order valence-corrected chi connectivity index (χ3v) is 2.81. The van der Waals surface area contributed by atoms with Gasteiger partial charge in [-0.1, -0.05) is 17.7 Å². The van der Waals surface area contributed by atoms with Crippen LogP contribution < -0.4 is 0 Å². The van der Waals surface area contributed by atoms with E-state index in [4.69, 9.17) is 11.6 Å². The van der Waals surface area contributed by atoms with E-state index < -0.39 is 0 Å². The van der Waals surface area contributed by atoms with E-state index in [0.29, 0.717) is 6.04 Å². The van der Waals surface area contributed by atoms with E-state index in [9.17, 15) is 0 Å². The van der Waals surface area contributed by atoms with Crippen molar-refractivity contribution < 1.29 is 0 Å². The van der Waals surface area contributed by atoms with Gasteiger partial charge in [0.1, 0.15) is 6.33 Å². The van der Waals surface area contributed by atoms with Crippen molar-refractivity contribution in [2.24, 2.45) is 0 Å². The number of aromatic nitrogens is 3. The molecule has 0 spiro atoms. The molecule has 16 heavy (non-hydrogen) atoms. The highest BCUT2D eigenvalue weighted by Crippen LogP contribution is 2.26. The number of hydrogen-bond donors (Lipinski definition) is 0. The molecule has 84 valence electrons. The van der Waals surface area contributed by atoms with Gasteiger partial charge in [0.05, 0.1) is 0 Å². The Morgan fingerprint density at radius 1 is 1.31 bits per heavy atom. The van der Waals surface area contributed by atoms with Gasteiger partial charge in [-0.05, 0) is 38.5 Å². The Hall–Kier alpha value is -1.35. The molecule has 0 fully saturated rings. The van der Waals surface area contributed by atoms with Gasteiger partial charge < -0.3 is 4.57 Å². The molecule has 0 unspecified atom stereocenters. The molecular weight excluding hydrogens is 222 g/mol. The first-order valence-corrected chi connectivity index (χ1v) is 5.63. The van der Waals surface area contributed by atoms with Gasteiger partial charge in [-0.2, -0.15) is 0 Å². The van der Waals surface area contributed by atoms with Gasteiger partial charge in [0.25, 0.3) is 0 Å². The van der Waals surface area contributed by atoms with E-state index in [2.05, 4.69) is 24.0 Å². The summed E-state index contributed by atoms with van der Waals surface area (Å²) in [6.45, 7) is 6.25. The fourth-order valence-corrected chi connectivity index (χ4v) is 1.82. The van der Waals surface area contributed by atoms with Crippen LogP contribution in [0.2, 0.25) is 5.02 Å². The highest BCUT2D eigenvalue weighted by Gasteiger charge is 2.12. The Labute approximate surface area is 100 Å². The van der Waals surface area contributed by atoms with Crippen molar-refractivity contribution >= 4 is 11.6 Å². The molecule has 2 rings (SSSR count). The number of halogens is 1. The number of hydrogen-bond acceptors (Lipinski definition) is 2.